The number of benzene rings is 1. The maximum Gasteiger partial charge on any atom is 0.417 e. The van der Waals surface area contributed by atoms with Gasteiger partial charge >= 0.3 is 12.1 Å². The molecule has 0 bridgehead atoms. The van der Waals surface area contributed by atoms with Crippen LogP contribution in [0, 0.1) is 5.41 Å². The van der Waals surface area contributed by atoms with E-state index in [1.807, 2.05) is 12.1 Å². The molecule has 1 amide bonds. The van der Waals surface area contributed by atoms with E-state index in [1.165, 1.54) is 0 Å². The van der Waals surface area contributed by atoms with Gasteiger partial charge in [0, 0.05) is 44.0 Å². The number of carboxylic acid groups (broad SMARTS) is 1. The lowest BCUT2D eigenvalue weighted by Gasteiger charge is -2.39. The van der Waals surface area contributed by atoms with Gasteiger partial charge in [-0.3, -0.25) is 9.78 Å². The summed E-state index contributed by atoms with van der Waals surface area (Å²) in [6.07, 6.45) is 1.15. The van der Waals surface area contributed by atoms with E-state index < -0.39 is 23.1 Å². The van der Waals surface area contributed by atoms with Crippen LogP contribution in [0.2, 0.25) is 0 Å². The number of hydrogen-bond acceptors (Lipinski definition) is 5. The Balaban J connectivity index is 1.23. The highest BCUT2D eigenvalue weighted by molar-refractivity contribution is 5.87. The van der Waals surface area contributed by atoms with Crippen molar-refractivity contribution in [3.63, 3.8) is 0 Å². The van der Waals surface area contributed by atoms with Crippen LogP contribution in [0.25, 0.3) is 0 Å². The quantitative estimate of drug-likeness (QED) is 0.556. The Morgan fingerprint density at radius 1 is 1.08 bits per heavy atom. The van der Waals surface area contributed by atoms with E-state index in [4.69, 9.17) is 5.11 Å². The minimum absolute atomic E-state index is 0.0736. The van der Waals surface area contributed by atoms with Gasteiger partial charge in [0.15, 0.2) is 0 Å². The first kappa shape index (κ1) is 27.6. The molecule has 1 saturated heterocycles. The SMILES string of the molecule is O=C(O)c1ccc(C2CCN([C@@H]3CC[C@](CCO)(C(=O)N4CCc5ncc(C(F)(F)F)cc5C4)C3)CC2)cc1. The first-order valence-corrected chi connectivity index (χ1v) is 13.6. The molecule has 3 heterocycles. The second-order valence-corrected chi connectivity index (χ2v) is 11.2. The van der Waals surface area contributed by atoms with Crippen LogP contribution in [-0.4, -0.2) is 69.2 Å². The van der Waals surface area contributed by atoms with Crippen LogP contribution in [-0.2, 0) is 23.9 Å². The molecule has 0 radical (unpaired) electrons. The Kier molecular flexibility index (Phi) is 7.70. The molecule has 10 heteroatoms. The Labute approximate surface area is 225 Å². The number of rotatable bonds is 6. The number of aromatic carboxylic acids is 1. The van der Waals surface area contributed by atoms with Gasteiger partial charge in [-0.15, -0.1) is 0 Å². The number of likely N-dealkylation sites (tertiary alicyclic amines) is 1. The molecule has 2 N–H and O–H groups in total. The minimum atomic E-state index is -4.49. The Morgan fingerprint density at radius 2 is 1.79 bits per heavy atom. The zero-order valence-corrected chi connectivity index (χ0v) is 21.8. The fourth-order valence-electron chi connectivity index (χ4n) is 6.74. The third-order valence-electron chi connectivity index (χ3n) is 8.96. The number of hydrogen-bond donors (Lipinski definition) is 2. The van der Waals surface area contributed by atoms with Gasteiger partial charge in [0.2, 0.25) is 5.91 Å². The van der Waals surface area contributed by atoms with Crippen molar-refractivity contribution in [3.8, 4) is 0 Å². The smallest absolute Gasteiger partial charge is 0.417 e. The summed E-state index contributed by atoms with van der Waals surface area (Å²) in [7, 11) is 0. The van der Waals surface area contributed by atoms with Crippen molar-refractivity contribution in [2.24, 2.45) is 5.41 Å². The summed E-state index contributed by atoms with van der Waals surface area (Å²) >= 11 is 0. The molecular formula is C29H34F3N3O4. The monoisotopic (exact) mass is 545 g/mol. The van der Waals surface area contributed by atoms with E-state index >= 15 is 0 Å². The third kappa shape index (κ3) is 5.68. The molecule has 210 valence electrons. The summed E-state index contributed by atoms with van der Waals surface area (Å²) in [4.78, 5) is 33.1. The highest BCUT2D eigenvalue weighted by Crippen LogP contribution is 2.46. The highest BCUT2D eigenvalue weighted by Gasteiger charge is 2.48. The molecule has 2 fully saturated rings. The van der Waals surface area contributed by atoms with E-state index in [1.54, 1.807) is 17.0 Å². The first-order valence-electron chi connectivity index (χ1n) is 13.6. The predicted molar refractivity (Wildman–Crippen MR) is 137 cm³/mol. The number of halogens is 3. The number of carbonyl (C=O) groups is 2. The maximum absolute atomic E-state index is 13.9. The molecule has 7 nitrogen and oxygen atoms in total. The van der Waals surface area contributed by atoms with Crippen molar-refractivity contribution in [1.82, 2.24) is 14.8 Å². The predicted octanol–water partition coefficient (Wildman–Crippen LogP) is 4.48. The number of aliphatic hydroxyl groups excluding tert-OH is 1. The van der Waals surface area contributed by atoms with Crippen LogP contribution < -0.4 is 0 Å². The molecule has 3 aliphatic rings. The molecule has 39 heavy (non-hydrogen) atoms. The number of carbonyl (C=O) groups excluding carboxylic acids is 1. The number of fused-ring (bicyclic) bond motifs is 1. The fraction of sp³-hybridized carbons (Fsp3) is 0.552. The number of aromatic nitrogens is 1. The standard InChI is InChI=1S/C29H34F3N3O4/c30-29(31,32)23-15-22-18-35(13-8-25(22)33-17-23)27(39)28(10-14-36)9-5-24(16-28)34-11-6-20(7-12-34)19-1-3-21(4-2-19)26(37)38/h1-4,15,17,20,24,36H,5-14,16,18H2,(H,37,38)/t24-,28-/m1/s1. The molecule has 1 aromatic carbocycles. The average molecular weight is 546 g/mol. The normalized spacial score (nSPS) is 24.5. The zero-order valence-electron chi connectivity index (χ0n) is 21.8. The van der Waals surface area contributed by atoms with Crippen LogP contribution in [0.4, 0.5) is 13.2 Å². The number of carboxylic acids is 1. The van der Waals surface area contributed by atoms with Crippen LogP contribution in [0.5, 0.6) is 0 Å². The van der Waals surface area contributed by atoms with E-state index in [-0.39, 0.29) is 30.7 Å². The van der Waals surface area contributed by atoms with Crippen molar-refractivity contribution < 1.29 is 33.0 Å². The lowest BCUT2D eigenvalue weighted by Crippen LogP contribution is -2.47. The molecule has 2 atom stereocenters. The Bertz CT molecular complexity index is 1210. The van der Waals surface area contributed by atoms with Gasteiger partial charge < -0.3 is 20.0 Å². The highest BCUT2D eigenvalue weighted by atomic mass is 19.4. The summed E-state index contributed by atoms with van der Waals surface area (Å²) in [6.45, 7) is 2.16. The largest absolute Gasteiger partial charge is 0.478 e. The van der Waals surface area contributed by atoms with Gasteiger partial charge in [0.1, 0.15) is 0 Å². The van der Waals surface area contributed by atoms with Crippen LogP contribution in [0.3, 0.4) is 0 Å². The first-order chi connectivity index (χ1) is 18.6. The lowest BCUT2D eigenvalue weighted by molar-refractivity contribution is -0.144. The molecule has 2 aliphatic heterocycles. The summed E-state index contributed by atoms with van der Waals surface area (Å²) in [5.41, 5.74) is 0.952. The van der Waals surface area contributed by atoms with Gasteiger partial charge in [0.05, 0.1) is 16.5 Å². The molecule has 0 spiro atoms. The molecule has 2 aromatic rings. The molecule has 0 unspecified atom stereocenters. The number of aliphatic hydroxyl groups is 1. The molecule has 5 rings (SSSR count). The van der Waals surface area contributed by atoms with Gasteiger partial charge in [-0.1, -0.05) is 12.1 Å². The van der Waals surface area contributed by atoms with E-state index in [0.29, 0.717) is 49.4 Å². The topological polar surface area (TPSA) is 94.0 Å². The lowest BCUT2D eigenvalue weighted by atomic mass is 9.80. The van der Waals surface area contributed by atoms with Gasteiger partial charge in [-0.05, 0) is 86.9 Å². The van der Waals surface area contributed by atoms with E-state index in [0.717, 1.165) is 50.2 Å². The minimum Gasteiger partial charge on any atom is -0.478 e. The van der Waals surface area contributed by atoms with Crippen LogP contribution >= 0.6 is 0 Å². The zero-order chi connectivity index (χ0) is 27.8. The summed E-state index contributed by atoms with van der Waals surface area (Å²) in [5, 5.41) is 19.0. The fourth-order valence-corrected chi connectivity index (χ4v) is 6.74. The van der Waals surface area contributed by atoms with E-state index in [2.05, 4.69) is 9.88 Å². The van der Waals surface area contributed by atoms with Crippen molar-refractivity contribution in [3.05, 3.63) is 64.5 Å². The Hall–Kier alpha value is -2.98. The van der Waals surface area contributed by atoms with Crippen molar-refractivity contribution in [2.75, 3.05) is 26.2 Å². The molecule has 1 aromatic heterocycles. The van der Waals surface area contributed by atoms with Crippen LogP contribution in [0.1, 0.15) is 77.2 Å². The van der Waals surface area contributed by atoms with Crippen LogP contribution in [0.15, 0.2) is 36.5 Å². The molecule has 1 saturated carbocycles. The molecular weight excluding hydrogens is 511 g/mol. The molecule has 1 aliphatic carbocycles. The average Bonchev–Trinajstić information content (AvgIpc) is 3.37. The van der Waals surface area contributed by atoms with Crippen molar-refractivity contribution >= 4 is 11.9 Å². The number of pyridine rings is 1. The second kappa shape index (κ2) is 10.9. The number of nitrogens with zero attached hydrogens (tertiary/aromatic N) is 3. The van der Waals surface area contributed by atoms with Gasteiger partial charge in [-0.25, -0.2) is 4.79 Å². The number of alkyl halides is 3. The maximum atomic E-state index is 13.9. The Morgan fingerprint density at radius 3 is 2.44 bits per heavy atom. The summed E-state index contributed by atoms with van der Waals surface area (Å²) < 4.78 is 39.7. The third-order valence-corrected chi connectivity index (χ3v) is 8.96. The second-order valence-electron chi connectivity index (χ2n) is 11.2. The number of piperidine rings is 1. The van der Waals surface area contributed by atoms with Gasteiger partial charge in [0.25, 0.3) is 0 Å². The van der Waals surface area contributed by atoms with Crippen molar-refractivity contribution in [2.45, 2.75) is 69.6 Å². The summed E-state index contributed by atoms with van der Waals surface area (Å²) in [6, 6.07) is 8.41. The van der Waals surface area contributed by atoms with Gasteiger partial charge in [-0.2, -0.15) is 13.2 Å². The number of amides is 1. The summed E-state index contributed by atoms with van der Waals surface area (Å²) in [5.74, 6) is -0.650. The van der Waals surface area contributed by atoms with E-state index in [9.17, 15) is 27.9 Å². The van der Waals surface area contributed by atoms with Crippen molar-refractivity contribution in [1.29, 1.82) is 0 Å².